The van der Waals surface area contributed by atoms with Crippen LogP contribution in [0.1, 0.15) is 33.8 Å². The zero-order chi connectivity index (χ0) is 21.1. The van der Waals surface area contributed by atoms with Gasteiger partial charge in [-0.3, -0.25) is 9.59 Å². The molecule has 2 amide bonds. The highest BCUT2D eigenvalue weighted by Gasteiger charge is 2.30. The van der Waals surface area contributed by atoms with Gasteiger partial charge >= 0.3 is 0 Å². The minimum absolute atomic E-state index is 0.0255. The molecule has 1 saturated heterocycles. The molecule has 1 aliphatic heterocycles. The van der Waals surface area contributed by atoms with Gasteiger partial charge in [0.05, 0.1) is 24.3 Å². The number of carbonyl (C=O) groups excluding carboxylic acids is 2. The van der Waals surface area contributed by atoms with Gasteiger partial charge in [0.2, 0.25) is 5.91 Å². The number of piperidine rings is 1. The molecule has 0 radical (unpaired) electrons. The van der Waals surface area contributed by atoms with Gasteiger partial charge in [0.15, 0.2) is 0 Å². The summed E-state index contributed by atoms with van der Waals surface area (Å²) in [6.45, 7) is 1.51. The molecule has 2 aromatic heterocycles. The molecule has 3 aromatic rings. The number of carbonyl (C=O) groups is 2. The first-order valence-electron chi connectivity index (χ1n) is 9.86. The van der Waals surface area contributed by atoms with Gasteiger partial charge in [-0.1, -0.05) is 6.07 Å². The Morgan fingerprint density at radius 3 is 2.77 bits per heavy atom. The minimum Gasteiger partial charge on any atom is -0.467 e. The van der Waals surface area contributed by atoms with Gasteiger partial charge in [0, 0.05) is 41.8 Å². The second-order valence-corrected chi connectivity index (χ2v) is 8.37. The van der Waals surface area contributed by atoms with E-state index < -0.39 is 0 Å². The first kappa shape index (κ1) is 20.6. The highest BCUT2D eigenvalue weighted by Crippen LogP contribution is 2.35. The van der Waals surface area contributed by atoms with Crippen molar-refractivity contribution in [3.8, 4) is 0 Å². The number of halogens is 1. The smallest absolute Gasteiger partial charge is 0.264 e. The maximum Gasteiger partial charge on any atom is 0.264 e. The molecule has 3 heterocycles. The van der Waals surface area contributed by atoms with E-state index in [4.69, 9.17) is 9.15 Å². The van der Waals surface area contributed by atoms with Crippen molar-refractivity contribution >= 4 is 33.2 Å². The van der Waals surface area contributed by atoms with Crippen LogP contribution in [0.4, 0.5) is 4.39 Å². The maximum atomic E-state index is 14.4. The second kappa shape index (κ2) is 8.97. The fourth-order valence-electron chi connectivity index (χ4n) is 3.84. The lowest BCUT2D eigenvalue weighted by atomic mass is 9.95. The van der Waals surface area contributed by atoms with E-state index in [0.717, 1.165) is 4.70 Å². The molecule has 0 atom stereocenters. The molecule has 0 bridgehead atoms. The number of thiophene rings is 1. The Balaban J connectivity index is 1.42. The third-order valence-corrected chi connectivity index (χ3v) is 6.60. The Hall–Kier alpha value is -2.71. The van der Waals surface area contributed by atoms with Crippen molar-refractivity contribution in [3.63, 3.8) is 0 Å². The van der Waals surface area contributed by atoms with Crippen LogP contribution in [0.5, 0.6) is 0 Å². The van der Waals surface area contributed by atoms with Crippen LogP contribution in [0.2, 0.25) is 0 Å². The van der Waals surface area contributed by atoms with Crippen LogP contribution in [0, 0.1) is 11.7 Å². The van der Waals surface area contributed by atoms with Gasteiger partial charge in [-0.15, -0.1) is 11.3 Å². The lowest BCUT2D eigenvalue weighted by molar-refractivity contribution is -0.126. The zero-order valence-corrected chi connectivity index (χ0v) is 17.5. The molecule has 4 rings (SSSR count). The fourth-order valence-corrected chi connectivity index (χ4v) is 5.03. The lowest BCUT2D eigenvalue weighted by Gasteiger charge is -2.31. The number of fused-ring (bicyclic) bond motifs is 1. The number of hydrogen-bond acceptors (Lipinski definition) is 5. The van der Waals surface area contributed by atoms with E-state index in [1.54, 1.807) is 23.3 Å². The van der Waals surface area contributed by atoms with Gasteiger partial charge in [-0.25, -0.2) is 4.39 Å². The van der Waals surface area contributed by atoms with E-state index in [0.29, 0.717) is 54.1 Å². The van der Waals surface area contributed by atoms with Crippen LogP contribution in [0.25, 0.3) is 10.1 Å². The molecule has 8 heteroatoms. The SMILES string of the molecule is COCc1c(C(=O)N2CCC(C(=O)NCc3ccco3)CC2)sc2cccc(F)c12. The van der Waals surface area contributed by atoms with Crippen LogP contribution in [-0.4, -0.2) is 36.9 Å². The number of rotatable bonds is 6. The normalized spacial score (nSPS) is 14.9. The molecule has 0 spiro atoms. The molecule has 1 fully saturated rings. The summed E-state index contributed by atoms with van der Waals surface area (Å²) >= 11 is 1.29. The summed E-state index contributed by atoms with van der Waals surface area (Å²) in [5.74, 6) is 0.0716. The van der Waals surface area contributed by atoms with E-state index in [9.17, 15) is 14.0 Å². The third-order valence-electron chi connectivity index (χ3n) is 5.42. The molecule has 30 heavy (non-hydrogen) atoms. The Morgan fingerprint density at radius 1 is 1.27 bits per heavy atom. The maximum absolute atomic E-state index is 14.4. The van der Waals surface area contributed by atoms with Gasteiger partial charge in [0.25, 0.3) is 5.91 Å². The van der Waals surface area contributed by atoms with E-state index in [1.165, 1.54) is 24.5 Å². The molecule has 0 saturated carbocycles. The van der Waals surface area contributed by atoms with Crippen molar-refractivity contribution in [1.29, 1.82) is 0 Å². The molecule has 1 aromatic carbocycles. The Labute approximate surface area is 177 Å². The Morgan fingerprint density at radius 2 is 2.07 bits per heavy atom. The number of likely N-dealkylation sites (tertiary alicyclic amines) is 1. The van der Waals surface area contributed by atoms with Crippen molar-refractivity contribution in [3.05, 3.63) is 58.6 Å². The minimum atomic E-state index is -0.346. The number of benzene rings is 1. The van der Waals surface area contributed by atoms with E-state index >= 15 is 0 Å². The second-order valence-electron chi connectivity index (χ2n) is 7.32. The first-order chi connectivity index (χ1) is 14.6. The van der Waals surface area contributed by atoms with E-state index in [2.05, 4.69) is 5.32 Å². The van der Waals surface area contributed by atoms with Crippen LogP contribution in [0.15, 0.2) is 41.0 Å². The molecule has 1 N–H and O–H groups in total. The Kier molecular flexibility index (Phi) is 6.15. The number of furan rings is 1. The van der Waals surface area contributed by atoms with Crippen LogP contribution >= 0.6 is 11.3 Å². The van der Waals surface area contributed by atoms with Crippen LogP contribution < -0.4 is 5.32 Å². The zero-order valence-electron chi connectivity index (χ0n) is 16.7. The predicted molar refractivity (Wildman–Crippen MR) is 112 cm³/mol. The van der Waals surface area contributed by atoms with Crippen molar-refractivity contribution in [2.24, 2.45) is 5.92 Å². The number of nitrogens with one attached hydrogen (secondary N) is 1. The highest BCUT2D eigenvalue weighted by atomic mass is 32.1. The third kappa shape index (κ3) is 4.11. The summed E-state index contributed by atoms with van der Waals surface area (Å²) in [6, 6.07) is 8.45. The van der Waals surface area contributed by atoms with Crippen molar-refractivity contribution < 1.29 is 23.1 Å². The lowest BCUT2D eigenvalue weighted by Crippen LogP contribution is -2.42. The van der Waals surface area contributed by atoms with Crippen molar-refractivity contribution in [2.45, 2.75) is 26.0 Å². The first-order valence-corrected chi connectivity index (χ1v) is 10.7. The van der Waals surface area contributed by atoms with Gasteiger partial charge in [0.1, 0.15) is 11.6 Å². The van der Waals surface area contributed by atoms with E-state index in [1.807, 2.05) is 12.1 Å². The summed E-state index contributed by atoms with van der Waals surface area (Å²) in [5.41, 5.74) is 0.596. The topological polar surface area (TPSA) is 71.8 Å². The summed E-state index contributed by atoms with van der Waals surface area (Å²) in [4.78, 5) is 27.9. The monoisotopic (exact) mass is 430 g/mol. The van der Waals surface area contributed by atoms with Gasteiger partial charge < -0.3 is 19.4 Å². The standard InChI is InChI=1S/C22H23FN2O4S/c1-28-13-16-19-17(23)5-2-6-18(19)30-20(16)22(27)25-9-7-14(8-10-25)21(26)24-12-15-4-3-11-29-15/h2-6,11,14H,7-10,12-13H2,1H3,(H,24,26). The van der Waals surface area contributed by atoms with Gasteiger partial charge in [-0.05, 0) is 37.1 Å². The van der Waals surface area contributed by atoms with Gasteiger partial charge in [-0.2, -0.15) is 0 Å². The molecule has 158 valence electrons. The summed E-state index contributed by atoms with van der Waals surface area (Å²) in [6.07, 6.45) is 2.76. The number of hydrogen-bond donors (Lipinski definition) is 1. The molecule has 6 nitrogen and oxygen atoms in total. The summed E-state index contributed by atoms with van der Waals surface area (Å²) < 4.78 is 25.6. The molecule has 0 aliphatic carbocycles. The molecular weight excluding hydrogens is 407 g/mol. The molecule has 0 unspecified atom stereocenters. The average Bonchev–Trinajstić information content (AvgIpc) is 3.41. The largest absolute Gasteiger partial charge is 0.467 e. The summed E-state index contributed by atoms with van der Waals surface area (Å²) in [5, 5.41) is 3.35. The fraction of sp³-hybridized carbons (Fsp3) is 0.364. The molecular formula is C22H23FN2O4S. The molecule has 1 aliphatic rings. The number of methoxy groups -OCH3 is 1. The number of amides is 2. The highest BCUT2D eigenvalue weighted by molar-refractivity contribution is 7.21. The number of ether oxygens (including phenoxy) is 1. The predicted octanol–water partition coefficient (Wildman–Crippen LogP) is 3.95. The van der Waals surface area contributed by atoms with Crippen LogP contribution in [0.3, 0.4) is 0 Å². The number of nitrogens with zero attached hydrogens (tertiary/aromatic N) is 1. The summed E-state index contributed by atoms with van der Waals surface area (Å²) in [7, 11) is 1.53. The Bertz CT molecular complexity index is 1040. The van der Waals surface area contributed by atoms with E-state index in [-0.39, 0.29) is 30.2 Å². The average molecular weight is 431 g/mol. The van der Waals surface area contributed by atoms with Crippen molar-refractivity contribution in [2.75, 3.05) is 20.2 Å². The quantitative estimate of drug-likeness (QED) is 0.643. The van der Waals surface area contributed by atoms with Crippen LogP contribution in [-0.2, 0) is 22.7 Å². The van der Waals surface area contributed by atoms with Crippen molar-refractivity contribution in [1.82, 2.24) is 10.2 Å².